The molecular weight excluding hydrogens is 853 g/mol. The van der Waals surface area contributed by atoms with E-state index in [0.29, 0.717) is 66.8 Å². The highest BCUT2D eigenvalue weighted by Gasteiger charge is 2.42. The average molecular weight is 902 g/mol. The van der Waals surface area contributed by atoms with Gasteiger partial charge in [0.1, 0.15) is 17.7 Å². The fourth-order valence-corrected chi connectivity index (χ4v) is 10.8. The van der Waals surface area contributed by atoms with E-state index < -0.39 is 35.6 Å². The van der Waals surface area contributed by atoms with Crippen molar-refractivity contribution in [1.29, 1.82) is 0 Å². The van der Waals surface area contributed by atoms with Crippen molar-refractivity contribution in [2.24, 2.45) is 0 Å². The number of nitrogens with zero attached hydrogens (tertiary/aromatic N) is 6. The number of likely N-dealkylation sites (tertiary alicyclic amines) is 2. The first kappa shape index (κ1) is 42.6. The van der Waals surface area contributed by atoms with Gasteiger partial charge in [-0.2, -0.15) is 0 Å². The van der Waals surface area contributed by atoms with E-state index >= 15 is 8.78 Å². The van der Waals surface area contributed by atoms with Crippen LogP contribution in [0.15, 0.2) is 72.5 Å². The number of imidazole rings is 1. The molecule has 0 bridgehead atoms. The number of carbonyl (C=O) groups is 5. The Kier molecular flexibility index (Phi) is 11.7. The second-order valence-electron chi connectivity index (χ2n) is 17.7. The summed E-state index contributed by atoms with van der Waals surface area (Å²) in [4.78, 5) is 79.3. The van der Waals surface area contributed by atoms with Gasteiger partial charge in [0.05, 0.1) is 25.1 Å². The number of imide groups is 1. The molecule has 3 aromatic carbocycles. The predicted octanol–water partition coefficient (Wildman–Crippen LogP) is 6.37. The number of amides is 5. The molecule has 14 nitrogen and oxygen atoms in total. The molecule has 65 heavy (non-hydrogen) atoms. The lowest BCUT2D eigenvalue weighted by Crippen LogP contribution is -2.47. The number of hydrogen-bond donors (Lipinski definition) is 3. The summed E-state index contributed by atoms with van der Waals surface area (Å²) < 4.78 is 33.2. The Morgan fingerprint density at radius 3 is 2.37 bits per heavy atom. The Balaban J connectivity index is 0.725. The number of aryl methyl sites for hydroxylation is 1. The van der Waals surface area contributed by atoms with Crippen LogP contribution in [0.2, 0.25) is 0 Å². The largest absolute Gasteiger partial charge is 0.374 e. The minimum absolute atomic E-state index is 0.0313. The molecule has 1 unspecified atom stereocenters. The smallest absolute Gasteiger partial charge is 0.255 e. The van der Waals surface area contributed by atoms with Crippen LogP contribution in [0.4, 0.5) is 19.6 Å². The highest BCUT2D eigenvalue weighted by Crippen LogP contribution is 2.39. The van der Waals surface area contributed by atoms with Crippen LogP contribution in [0.25, 0.3) is 11.1 Å². The number of anilines is 2. The lowest BCUT2D eigenvalue weighted by Gasteiger charge is -2.36. The third-order valence-corrected chi connectivity index (χ3v) is 14.5. The molecule has 5 amide bonds. The first-order chi connectivity index (χ1) is 31.6. The lowest BCUT2D eigenvalue weighted by atomic mass is 9.88. The molecule has 0 spiro atoms. The maximum Gasteiger partial charge on any atom is 0.255 e. The van der Waals surface area contributed by atoms with Gasteiger partial charge in [-0.05, 0) is 116 Å². The molecule has 3 N–H and O–H groups in total. The number of piperidine rings is 3. The average Bonchev–Trinajstić information content (AvgIpc) is 4.13. The number of rotatable bonds is 11. The third kappa shape index (κ3) is 8.66. The number of nitrogens with one attached hydrogen (secondary N) is 3. The van der Waals surface area contributed by atoms with Crippen molar-refractivity contribution in [1.82, 2.24) is 34.6 Å². The van der Waals surface area contributed by atoms with Crippen molar-refractivity contribution in [2.75, 3.05) is 43.4 Å². The van der Waals surface area contributed by atoms with Gasteiger partial charge < -0.3 is 19.7 Å². The Bertz CT molecular complexity index is 2660. The third-order valence-electron chi connectivity index (χ3n) is 13.8. The molecule has 336 valence electrons. The molecule has 5 aromatic rings. The summed E-state index contributed by atoms with van der Waals surface area (Å²) in [6, 6.07) is 14.5. The number of thiazole rings is 1. The van der Waals surface area contributed by atoms with Crippen LogP contribution in [-0.4, -0.2) is 97.5 Å². The Labute approximate surface area is 378 Å². The second kappa shape index (κ2) is 17.9. The topological polar surface area (TPSA) is 162 Å². The van der Waals surface area contributed by atoms with E-state index in [9.17, 15) is 24.0 Å². The maximum absolute atomic E-state index is 16.0. The van der Waals surface area contributed by atoms with E-state index in [4.69, 9.17) is 0 Å². The quantitative estimate of drug-likeness (QED) is 0.128. The van der Waals surface area contributed by atoms with Gasteiger partial charge in [0.2, 0.25) is 17.7 Å². The van der Waals surface area contributed by atoms with Gasteiger partial charge in [0, 0.05) is 60.1 Å². The van der Waals surface area contributed by atoms with Crippen LogP contribution in [0.3, 0.4) is 0 Å². The monoisotopic (exact) mass is 901 g/mol. The summed E-state index contributed by atoms with van der Waals surface area (Å²) in [6.45, 7) is 3.72. The van der Waals surface area contributed by atoms with Crippen molar-refractivity contribution < 1.29 is 32.8 Å². The fourth-order valence-electron chi connectivity index (χ4n) is 10.2. The lowest BCUT2D eigenvalue weighted by molar-refractivity contribution is -0.134. The van der Waals surface area contributed by atoms with Gasteiger partial charge in [0.15, 0.2) is 11.2 Å². The zero-order chi connectivity index (χ0) is 44.8. The van der Waals surface area contributed by atoms with Crippen molar-refractivity contribution in [3.63, 3.8) is 0 Å². The minimum atomic E-state index is -1.06. The van der Waals surface area contributed by atoms with Crippen LogP contribution >= 0.6 is 11.3 Å². The van der Waals surface area contributed by atoms with Crippen LogP contribution in [0.1, 0.15) is 101 Å². The zero-order valence-corrected chi connectivity index (χ0v) is 36.5. The van der Waals surface area contributed by atoms with Crippen LogP contribution in [-0.2, 0) is 38.7 Å². The molecule has 2 atom stereocenters. The molecular formula is C48H49F2N9O5S. The summed E-state index contributed by atoms with van der Waals surface area (Å²) in [6.07, 6.45) is 8.64. The summed E-state index contributed by atoms with van der Waals surface area (Å²) >= 11 is 1.27. The number of carbonyl (C=O) groups excluding carboxylic acids is 5. The second-order valence-corrected chi connectivity index (χ2v) is 18.6. The van der Waals surface area contributed by atoms with E-state index in [1.807, 2.05) is 33.7 Å². The molecule has 3 saturated heterocycles. The molecule has 5 aliphatic heterocycles. The Hall–Kier alpha value is -6.33. The molecule has 10 rings (SSSR count). The molecule has 0 radical (unpaired) electrons. The molecule has 5 aliphatic rings. The first-order valence-electron chi connectivity index (χ1n) is 22.4. The SMILES string of the molecule is O=C1CC[C@@H](Nc2ccc(C3CCN(CC(=O)N4CCC(c5ccc(-c6cc(F)c7c(c6)C(=O)N(C(C(=O)Nc6nccs6)c6ncn8c6CCC8)C7)cc5)CC4)CC3)c(F)c2)C(=O)N1. The number of benzene rings is 3. The summed E-state index contributed by atoms with van der Waals surface area (Å²) in [5.41, 5.74) is 5.51. The van der Waals surface area contributed by atoms with Crippen molar-refractivity contribution in [3.05, 3.63) is 118 Å². The minimum Gasteiger partial charge on any atom is -0.374 e. The maximum atomic E-state index is 16.0. The van der Waals surface area contributed by atoms with Gasteiger partial charge in [-0.1, -0.05) is 30.3 Å². The van der Waals surface area contributed by atoms with Crippen LogP contribution in [0.5, 0.6) is 0 Å². The van der Waals surface area contributed by atoms with Gasteiger partial charge in [-0.3, -0.25) is 39.5 Å². The number of aromatic nitrogens is 3. The summed E-state index contributed by atoms with van der Waals surface area (Å²) in [7, 11) is 0. The van der Waals surface area contributed by atoms with Gasteiger partial charge in [-0.25, -0.2) is 18.7 Å². The standard InChI is InChI=1S/C48H49F2N9O5S/c49-37-23-32(22-35-36(37)25-59(47(35)64)44(46(63)55-48-51-15-21-65-48)43-40-2-1-16-58(40)27-52-43)29-5-3-28(4-6-29)30-13-19-57(20-14-30)42(61)26-56-17-11-31(12-18-56)34-8-7-33(24-38(34)50)53-39-9-10-41(60)54-45(39)62/h3-8,15,21-24,27,30-31,39,44,53H,1-2,9-14,16-20,25-26H2,(H,51,55,63)(H,54,60,62)/t39-,44?/m1/s1. The van der Waals surface area contributed by atoms with E-state index in [2.05, 4.69) is 30.8 Å². The Morgan fingerprint density at radius 2 is 1.63 bits per heavy atom. The molecule has 3 fully saturated rings. The highest BCUT2D eigenvalue weighted by molar-refractivity contribution is 7.13. The summed E-state index contributed by atoms with van der Waals surface area (Å²) in [5, 5.41) is 10.4. The fraction of sp³-hybridized carbons (Fsp3) is 0.396. The number of hydrogen-bond acceptors (Lipinski definition) is 10. The summed E-state index contributed by atoms with van der Waals surface area (Å²) in [5.74, 6) is -2.02. The van der Waals surface area contributed by atoms with E-state index in [-0.39, 0.29) is 53.6 Å². The van der Waals surface area contributed by atoms with Crippen molar-refractivity contribution >= 4 is 51.7 Å². The van der Waals surface area contributed by atoms with Crippen LogP contribution < -0.4 is 16.0 Å². The number of halogens is 2. The molecule has 2 aromatic heterocycles. The normalized spacial score (nSPS) is 19.8. The predicted molar refractivity (Wildman–Crippen MR) is 239 cm³/mol. The molecule has 7 heterocycles. The number of fused-ring (bicyclic) bond motifs is 2. The van der Waals surface area contributed by atoms with E-state index in [1.54, 1.807) is 36.1 Å². The molecule has 17 heteroatoms. The van der Waals surface area contributed by atoms with Crippen LogP contribution in [0, 0.1) is 11.6 Å². The molecule has 0 saturated carbocycles. The van der Waals surface area contributed by atoms with Gasteiger partial charge in [0.25, 0.3) is 11.8 Å². The van der Waals surface area contributed by atoms with Gasteiger partial charge >= 0.3 is 0 Å². The first-order valence-corrected chi connectivity index (χ1v) is 23.3. The van der Waals surface area contributed by atoms with Gasteiger partial charge in [-0.15, -0.1) is 11.3 Å². The molecule has 0 aliphatic carbocycles. The van der Waals surface area contributed by atoms with Crippen molar-refractivity contribution in [2.45, 2.75) is 88.4 Å². The van der Waals surface area contributed by atoms with E-state index in [0.717, 1.165) is 61.9 Å². The zero-order valence-electron chi connectivity index (χ0n) is 35.7. The highest BCUT2D eigenvalue weighted by atomic mass is 32.1. The van der Waals surface area contributed by atoms with Crippen molar-refractivity contribution in [3.8, 4) is 11.1 Å². The van der Waals surface area contributed by atoms with E-state index in [1.165, 1.54) is 28.4 Å². The Morgan fingerprint density at radius 1 is 0.846 bits per heavy atom.